The number of hydrogen-bond donors (Lipinski definition) is 3. The molecule has 100 valence electrons. The van der Waals surface area contributed by atoms with E-state index in [0.717, 1.165) is 0 Å². The Morgan fingerprint density at radius 3 is 2.67 bits per heavy atom. The van der Waals surface area contributed by atoms with E-state index >= 15 is 0 Å². The highest BCUT2D eigenvalue weighted by atomic mass is 32.2. The molecule has 0 radical (unpaired) electrons. The first kappa shape index (κ1) is 14.8. The predicted molar refractivity (Wildman–Crippen MR) is 64.7 cm³/mol. The number of ketones is 1. The first-order chi connectivity index (χ1) is 8.36. The van der Waals surface area contributed by atoms with Crippen LogP contribution in [0, 0.1) is 0 Å². The topological polar surface area (TPSA) is 104 Å². The average molecular weight is 273 g/mol. The van der Waals surface area contributed by atoms with E-state index in [1.807, 2.05) is 0 Å². The lowest BCUT2D eigenvalue weighted by Crippen LogP contribution is -2.33. The van der Waals surface area contributed by atoms with Crippen LogP contribution in [-0.4, -0.2) is 43.7 Å². The van der Waals surface area contributed by atoms with Crippen molar-refractivity contribution in [3.05, 3.63) is 29.8 Å². The summed E-state index contributed by atoms with van der Waals surface area (Å²) >= 11 is 0. The molecule has 0 saturated heterocycles. The fraction of sp³-hybridized carbons (Fsp3) is 0.364. The third-order valence-corrected chi connectivity index (χ3v) is 3.69. The smallest absolute Gasteiger partial charge is 0.240 e. The number of carbonyl (C=O) groups excluding carboxylic acids is 1. The van der Waals surface area contributed by atoms with E-state index in [0.29, 0.717) is 5.56 Å². The molecule has 0 aliphatic carbocycles. The van der Waals surface area contributed by atoms with Gasteiger partial charge in [0.25, 0.3) is 0 Å². The summed E-state index contributed by atoms with van der Waals surface area (Å²) in [6.07, 6.45) is -1.16. The highest BCUT2D eigenvalue weighted by molar-refractivity contribution is 7.89. The highest BCUT2D eigenvalue weighted by Crippen LogP contribution is 2.11. The Kier molecular flexibility index (Phi) is 4.97. The van der Waals surface area contributed by atoms with Gasteiger partial charge < -0.3 is 10.2 Å². The molecule has 1 rings (SSSR count). The van der Waals surface area contributed by atoms with Crippen molar-refractivity contribution in [2.45, 2.75) is 17.9 Å². The zero-order valence-corrected chi connectivity index (χ0v) is 10.6. The summed E-state index contributed by atoms with van der Waals surface area (Å²) in [5, 5.41) is 17.7. The van der Waals surface area contributed by atoms with Crippen molar-refractivity contribution in [3.8, 4) is 0 Å². The monoisotopic (exact) mass is 273 g/mol. The molecule has 6 nitrogen and oxygen atoms in total. The van der Waals surface area contributed by atoms with E-state index in [1.54, 1.807) is 0 Å². The van der Waals surface area contributed by atoms with Gasteiger partial charge in [-0.1, -0.05) is 12.1 Å². The van der Waals surface area contributed by atoms with Gasteiger partial charge in [0, 0.05) is 12.1 Å². The molecule has 0 heterocycles. The van der Waals surface area contributed by atoms with E-state index in [-0.39, 0.29) is 17.2 Å². The van der Waals surface area contributed by atoms with Crippen molar-refractivity contribution in [1.82, 2.24) is 4.72 Å². The minimum absolute atomic E-state index is 0.0552. The molecular weight excluding hydrogens is 258 g/mol. The fourth-order valence-electron chi connectivity index (χ4n) is 1.24. The van der Waals surface area contributed by atoms with Gasteiger partial charge in [0.1, 0.15) is 0 Å². The van der Waals surface area contributed by atoms with Gasteiger partial charge in [0.15, 0.2) is 5.78 Å². The van der Waals surface area contributed by atoms with Gasteiger partial charge in [-0.05, 0) is 19.1 Å². The molecule has 18 heavy (non-hydrogen) atoms. The Morgan fingerprint density at radius 2 is 2.11 bits per heavy atom. The molecule has 0 spiro atoms. The first-order valence-corrected chi connectivity index (χ1v) is 6.74. The Labute approximate surface area is 105 Å². The van der Waals surface area contributed by atoms with Crippen LogP contribution in [0.25, 0.3) is 0 Å². The van der Waals surface area contributed by atoms with Crippen molar-refractivity contribution in [3.63, 3.8) is 0 Å². The second-order valence-electron chi connectivity index (χ2n) is 3.77. The summed E-state index contributed by atoms with van der Waals surface area (Å²) in [6.45, 7) is 0.522. The van der Waals surface area contributed by atoms with E-state index < -0.39 is 22.7 Å². The number of carbonyl (C=O) groups is 1. The van der Waals surface area contributed by atoms with Gasteiger partial charge >= 0.3 is 0 Å². The van der Waals surface area contributed by atoms with Crippen LogP contribution in [0.3, 0.4) is 0 Å². The first-order valence-electron chi connectivity index (χ1n) is 5.26. The van der Waals surface area contributed by atoms with Gasteiger partial charge in [-0.25, -0.2) is 13.1 Å². The number of sulfonamides is 1. The van der Waals surface area contributed by atoms with Crippen LogP contribution in [0.1, 0.15) is 17.3 Å². The molecule has 0 bridgehead atoms. The third kappa shape index (κ3) is 3.88. The fourth-order valence-corrected chi connectivity index (χ4v) is 2.35. The molecule has 0 fully saturated rings. The Hall–Kier alpha value is -1.28. The minimum atomic E-state index is -3.79. The number of benzene rings is 1. The lowest BCUT2D eigenvalue weighted by atomic mass is 10.2. The molecule has 0 aromatic heterocycles. The van der Waals surface area contributed by atoms with Crippen LogP contribution in [-0.2, 0) is 10.0 Å². The SMILES string of the molecule is CC(=O)c1cccc(S(=O)(=O)NCC(O)CO)c1. The summed E-state index contributed by atoms with van der Waals surface area (Å²) in [7, 11) is -3.79. The van der Waals surface area contributed by atoms with E-state index in [9.17, 15) is 13.2 Å². The number of Topliss-reactive ketones (excluding diaryl/α,β-unsaturated/α-hetero) is 1. The zero-order chi connectivity index (χ0) is 13.8. The van der Waals surface area contributed by atoms with Gasteiger partial charge in [-0.3, -0.25) is 4.79 Å². The maximum Gasteiger partial charge on any atom is 0.240 e. The van der Waals surface area contributed by atoms with Crippen molar-refractivity contribution < 1.29 is 23.4 Å². The van der Waals surface area contributed by atoms with Gasteiger partial charge in [0.2, 0.25) is 10.0 Å². The summed E-state index contributed by atoms with van der Waals surface area (Å²) in [5.74, 6) is -0.234. The van der Waals surface area contributed by atoms with Gasteiger partial charge in [-0.2, -0.15) is 0 Å². The lowest BCUT2D eigenvalue weighted by Gasteiger charge is -2.10. The average Bonchev–Trinajstić information content (AvgIpc) is 2.36. The summed E-state index contributed by atoms with van der Waals surface area (Å²) in [4.78, 5) is 11.1. The van der Waals surface area contributed by atoms with E-state index in [4.69, 9.17) is 10.2 Å². The van der Waals surface area contributed by atoms with Gasteiger partial charge in [-0.15, -0.1) is 0 Å². The number of rotatable bonds is 6. The van der Waals surface area contributed by atoms with E-state index in [1.165, 1.54) is 31.2 Å². The summed E-state index contributed by atoms with van der Waals surface area (Å²) in [6, 6.07) is 5.59. The maximum atomic E-state index is 11.8. The molecule has 0 aliphatic heterocycles. The molecule has 0 aliphatic rings. The van der Waals surface area contributed by atoms with Crippen molar-refractivity contribution in [2.24, 2.45) is 0 Å². The van der Waals surface area contributed by atoms with Crippen LogP contribution >= 0.6 is 0 Å². The second-order valence-corrected chi connectivity index (χ2v) is 5.54. The van der Waals surface area contributed by atoms with E-state index in [2.05, 4.69) is 4.72 Å². The molecular formula is C11H15NO5S. The highest BCUT2D eigenvalue weighted by Gasteiger charge is 2.16. The Bertz CT molecular complexity index is 526. The van der Waals surface area contributed by atoms with Crippen LogP contribution < -0.4 is 4.72 Å². The number of nitrogens with one attached hydrogen (secondary N) is 1. The lowest BCUT2D eigenvalue weighted by molar-refractivity contribution is 0.0988. The van der Waals surface area contributed by atoms with Crippen molar-refractivity contribution in [2.75, 3.05) is 13.2 Å². The molecule has 1 atom stereocenters. The molecule has 7 heteroatoms. The summed E-state index contributed by atoms with van der Waals surface area (Å²) < 4.78 is 25.8. The normalized spacial score (nSPS) is 13.3. The molecule has 1 unspecified atom stereocenters. The van der Waals surface area contributed by atoms with Crippen LogP contribution in [0.15, 0.2) is 29.2 Å². The molecule has 0 amide bonds. The molecule has 1 aromatic rings. The van der Waals surface area contributed by atoms with Gasteiger partial charge in [0.05, 0.1) is 17.6 Å². The summed E-state index contributed by atoms with van der Waals surface area (Å²) in [5.41, 5.74) is 0.292. The largest absolute Gasteiger partial charge is 0.394 e. The quantitative estimate of drug-likeness (QED) is 0.607. The number of aliphatic hydroxyl groups is 2. The molecule has 3 N–H and O–H groups in total. The second kappa shape index (κ2) is 6.05. The van der Waals surface area contributed by atoms with Crippen molar-refractivity contribution >= 4 is 15.8 Å². The third-order valence-electron chi connectivity index (χ3n) is 2.27. The number of hydrogen-bond acceptors (Lipinski definition) is 5. The van der Waals surface area contributed by atoms with Crippen molar-refractivity contribution in [1.29, 1.82) is 0 Å². The molecule has 1 aromatic carbocycles. The van der Waals surface area contributed by atoms with Crippen LogP contribution in [0.5, 0.6) is 0 Å². The zero-order valence-electron chi connectivity index (χ0n) is 9.83. The minimum Gasteiger partial charge on any atom is -0.394 e. The predicted octanol–water partition coefficient (Wildman–Crippen LogP) is -0.479. The number of aliphatic hydroxyl groups excluding tert-OH is 2. The van der Waals surface area contributed by atoms with Crippen LogP contribution in [0.2, 0.25) is 0 Å². The van der Waals surface area contributed by atoms with Crippen LogP contribution in [0.4, 0.5) is 0 Å². The standard InChI is InChI=1S/C11H15NO5S/c1-8(14)9-3-2-4-11(5-9)18(16,17)12-6-10(15)7-13/h2-5,10,12-13,15H,6-7H2,1H3. The maximum absolute atomic E-state index is 11.8. The Balaban J connectivity index is 2.91. The Morgan fingerprint density at radius 1 is 1.44 bits per heavy atom. The molecule has 0 saturated carbocycles.